The van der Waals surface area contributed by atoms with E-state index in [0.717, 1.165) is 35.7 Å². The first-order valence-corrected chi connectivity index (χ1v) is 14.0. The zero-order chi connectivity index (χ0) is 23.6. The molecule has 0 amide bonds. The number of thioether (sulfide) groups is 1. The molecule has 0 bridgehead atoms. The number of aryl methyl sites for hydroxylation is 2. The number of benzene rings is 1. The lowest BCUT2D eigenvalue weighted by atomic mass is 10.1. The molecule has 0 N–H and O–H groups in total. The third-order valence-corrected chi connectivity index (χ3v) is 9.25. The molecule has 1 unspecified atom stereocenters. The van der Waals surface area contributed by atoms with Crippen molar-refractivity contribution in [2.24, 2.45) is 13.0 Å². The lowest BCUT2D eigenvalue weighted by Crippen LogP contribution is -2.11. The highest BCUT2D eigenvalue weighted by Gasteiger charge is 2.29. The van der Waals surface area contributed by atoms with Gasteiger partial charge in [0.1, 0.15) is 5.82 Å². The summed E-state index contributed by atoms with van der Waals surface area (Å²) in [5.41, 5.74) is 4.12. The molecule has 7 nitrogen and oxygen atoms in total. The molecule has 33 heavy (non-hydrogen) atoms. The summed E-state index contributed by atoms with van der Waals surface area (Å²) in [6, 6.07) is 12.3. The average Bonchev–Trinajstić information content (AvgIpc) is 3.41. The molecule has 0 spiro atoms. The number of hydrogen-bond donors (Lipinski definition) is 0. The number of nitrogens with zero attached hydrogens (tertiary/aromatic N) is 4. The molecule has 1 atom stereocenters. The predicted octanol–water partition coefficient (Wildman–Crippen LogP) is 3.43. The van der Waals surface area contributed by atoms with Gasteiger partial charge in [-0.05, 0) is 44.2 Å². The Labute approximate surface area is 199 Å². The van der Waals surface area contributed by atoms with E-state index in [9.17, 15) is 13.2 Å². The van der Waals surface area contributed by atoms with Crippen molar-refractivity contribution >= 4 is 27.4 Å². The Kier molecular flexibility index (Phi) is 7.09. The van der Waals surface area contributed by atoms with Crippen LogP contribution in [0.4, 0.5) is 0 Å². The molecule has 3 heterocycles. The summed E-state index contributed by atoms with van der Waals surface area (Å²) in [5, 5.41) is 9.16. The van der Waals surface area contributed by atoms with Crippen LogP contribution in [0.3, 0.4) is 0 Å². The Bertz CT molecular complexity index is 1250. The van der Waals surface area contributed by atoms with Gasteiger partial charge >= 0.3 is 0 Å². The molecule has 0 saturated carbocycles. The maximum atomic E-state index is 13.0. The first-order valence-electron chi connectivity index (χ1n) is 11.2. The Morgan fingerprint density at radius 3 is 2.64 bits per heavy atom. The number of ketones is 1. The van der Waals surface area contributed by atoms with Crippen molar-refractivity contribution in [2.75, 3.05) is 17.3 Å². The minimum Gasteiger partial charge on any atom is -0.348 e. The molecule has 176 valence electrons. The Balaban J connectivity index is 1.37. The molecule has 2 aromatic heterocycles. The molecule has 0 radical (unpaired) electrons. The number of rotatable bonds is 9. The van der Waals surface area contributed by atoms with Crippen LogP contribution in [-0.4, -0.2) is 50.8 Å². The fraction of sp³-hybridized carbons (Fsp3) is 0.458. The molecular weight excluding hydrogens is 456 g/mol. The second-order valence-corrected chi connectivity index (χ2v) is 12.0. The normalized spacial score (nSPS) is 17.5. The number of carbonyl (C=O) groups is 1. The maximum Gasteiger partial charge on any atom is 0.191 e. The number of hydrogen-bond acceptors (Lipinski definition) is 6. The van der Waals surface area contributed by atoms with E-state index >= 15 is 0 Å². The number of sulfone groups is 1. The molecule has 1 aliphatic heterocycles. The maximum absolute atomic E-state index is 13.0. The molecule has 1 aromatic carbocycles. The summed E-state index contributed by atoms with van der Waals surface area (Å²) in [4.78, 5) is 13.0. The summed E-state index contributed by atoms with van der Waals surface area (Å²) >= 11 is 1.37. The van der Waals surface area contributed by atoms with Gasteiger partial charge in [0.25, 0.3) is 0 Å². The monoisotopic (exact) mass is 486 g/mol. The molecule has 9 heteroatoms. The fourth-order valence-corrected chi connectivity index (χ4v) is 7.14. The van der Waals surface area contributed by atoms with Crippen molar-refractivity contribution < 1.29 is 13.2 Å². The molecule has 1 fully saturated rings. The van der Waals surface area contributed by atoms with Crippen molar-refractivity contribution in [2.45, 2.75) is 44.8 Å². The van der Waals surface area contributed by atoms with Crippen molar-refractivity contribution in [3.8, 4) is 0 Å². The summed E-state index contributed by atoms with van der Waals surface area (Å²) in [6.45, 7) is 4.89. The van der Waals surface area contributed by atoms with Crippen LogP contribution in [0.2, 0.25) is 0 Å². The van der Waals surface area contributed by atoms with E-state index in [2.05, 4.69) is 26.9 Å². The Morgan fingerprint density at radius 2 is 1.94 bits per heavy atom. The molecule has 3 aromatic rings. The van der Waals surface area contributed by atoms with Crippen molar-refractivity contribution in [1.29, 1.82) is 0 Å². The fourth-order valence-electron chi connectivity index (χ4n) is 4.46. The van der Waals surface area contributed by atoms with E-state index < -0.39 is 9.84 Å². The van der Waals surface area contributed by atoms with Gasteiger partial charge in [0.05, 0.1) is 17.3 Å². The van der Waals surface area contributed by atoms with Crippen LogP contribution in [0, 0.1) is 19.8 Å². The van der Waals surface area contributed by atoms with Crippen molar-refractivity contribution in [3.05, 3.63) is 64.7 Å². The quantitative estimate of drug-likeness (QED) is 0.340. The zero-order valence-corrected chi connectivity index (χ0v) is 21.0. The summed E-state index contributed by atoms with van der Waals surface area (Å²) < 4.78 is 27.5. The van der Waals surface area contributed by atoms with Crippen LogP contribution in [-0.2, 0) is 36.3 Å². The van der Waals surface area contributed by atoms with Crippen LogP contribution in [0.25, 0.3) is 0 Å². The Hall–Kier alpha value is -2.39. The summed E-state index contributed by atoms with van der Waals surface area (Å²) in [6.07, 6.45) is 2.19. The van der Waals surface area contributed by atoms with E-state index in [-0.39, 0.29) is 29.0 Å². The van der Waals surface area contributed by atoms with Gasteiger partial charge < -0.3 is 9.13 Å². The van der Waals surface area contributed by atoms with Gasteiger partial charge in [0.2, 0.25) is 0 Å². The lowest BCUT2D eigenvalue weighted by Gasteiger charge is -2.10. The van der Waals surface area contributed by atoms with Crippen LogP contribution < -0.4 is 0 Å². The van der Waals surface area contributed by atoms with Crippen LogP contribution in [0.5, 0.6) is 0 Å². The third kappa shape index (κ3) is 5.58. The van der Waals surface area contributed by atoms with Crippen molar-refractivity contribution in [1.82, 2.24) is 19.3 Å². The minimum absolute atomic E-state index is 0.0745. The highest BCUT2D eigenvalue weighted by Crippen LogP contribution is 2.25. The predicted molar refractivity (Wildman–Crippen MR) is 131 cm³/mol. The topological polar surface area (TPSA) is 86.9 Å². The first-order chi connectivity index (χ1) is 15.7. The first kappa shape index (κ1) is 23.8. The molecule has 1 aliphatic rings. The second kappa shape index (κ2) is 9.85. The van der Waals surface area contributed by atoms with Crippen molar-refractivity contribution in [3.63, 3.8) is 0 Å². The molecule has 0 aliphatic carbocycles. The van der Waals surface area contributed by atoms with Gasteiger partial charge in [-0.3, -0.25) is 4.79 Å². The average molecular weight is 487 g/mol. The zero-order valence-electron chi connectivity index (χ0n) is 19.3. The smallest absolute Gasteiger partial charge is 0.191 e. The van der Waals surface area contributed by atoms with E-state index in [1.54, 1.807) is 0 Å². The molecular formula is C24H30N4O3S2. The van der Waals surface area contributed by atoms with Crippen LogP contribution in [0.1, 0.15) is 39.6 Å². The van der Waals surface area contributed by atoms with Gasteiger partial charge in [-0.25, -0.2) is 8.42 Å². The highest BCUT2D eigenvalue weighted by atomic mass is 32.2. The SMILES string of the molecule is Cc1cc(C(=O)CSc2nnc(CC3CCS(=O)(=O)C3)n2C)c(C)n1CCc1ccccc1. The number of Topliss-reactive ketones (excluding diaryl/α,β-unsaturated/α-hetero) is 1. The largest absolute Gasteiger partial charge is 0.348 e. The minimum atomic E-state index is -2.91. The van der Waals surface area contributed by atoms with Gasteiger partial charge in [-0.15, -0.1) is 10.2 Å². The number of carbonyl (C=O) groups excluding carboxylic acids is 1. The summed E-state index contributed by atoms with van der Waals surface area (Å²) in [5.74, 6) is 1.71. The second-order valence-electron chi connectivity index (χ2n) is 8.81. The van der Waals surface area contributed by atoms with Gasteiger partial charge in [0.15, 0.2) is 20.8 Å². The number of aromatic nitrogens is 4. The van der Waals surface area contributed by atoms with E-state index in [1.165, 1.54) is 17.3 Å². The van der Waals surface area contributed by atoms with E-state index in [0.29, 0.717) is 18.0 Å². The van der Waals surface area contributed by atoms with Gasteiger partial charge in [-0.2, -0.15) is 0 Å². The van der Waals surface area contributed by atoms with Gasteiger partial charge in [-0.1, -0.05) is 42.1 Å². The lowest BCUT2D eigenvalue weighted by molar-refractivity contribution is 0.102. The molecule has 4 rings (SSSR count). The highest BCUT2D eigenvalue weighted by molar-refractivity contribution is 7.99. The summed E-state index contributed by atoms with van der Waals surface area (Å²) in [7, 11) is -1.03. The standard InChI is InChI=1S/C24H30N4O3S2/c1-17-13-21(18(2)28(17)11-9-19-7-5-4-6-8-19)22(29)15-32-24-26-25-23(27(24)3)14-20-10-12-33(30,31)16-20/h4-8,13,20H,9-12,14-16H2,1-3H3. The van der Waals surface area contributed by atoms with E-state index in [4.69, 9.17) is 0 Å². The van der Waals surface area contributed by atoms with Crippen LogP contribution in [0.15, 0.2) is 41.6 Å². The van der Waals surface area contributed by atoms with E-state index in [1.807, 2.05) is 49.7 Å². The third-order valence-electron chi connectivity index (χ3n) is 6.40. The van der Waals surface area contributed by atoms with Crippen LogP contribution >= 0.6 is 11.8 Å². The van der Waals surface area contributed by atoms with Gasteiger partial charge in [0, 0.05) is 37.0 Å². The Morgan fingerprint density at radius 1 is 1.18 bits per heavy atom. The molecule has 1 saturated heterocycles.